The number of nitrogens with two attached hydrogens (primary N) is 1. The molecule has 0 spiro atoms. The molecule has 3 atom stereocenters. The third-order valence-electron chi connectivity index (χ3n) is 5.84. The van der Waals surface area contributed by atoms with Gasteiger partial charge in [0.1, 0.15) is 12.1 Å². The van der Waals surface area contributed by atoms with E-state index >= 15 is 0 Å². The highest BCUT2D eigenvalue weighted by molar-refractivity contribution is 7.89. The van der Waals surface area contributed by atoms with Gasteiger partial charge in [-0.3, -0.25) is 0 Å². The molecule has 2 aromatic rings. The number of ether oxygens (including phenoxy) is 2. The minimum atomic E-state index is -3.95. The number of alkyl carbamates (subject to hydrolysis) is 1. The normalized spacial score (nSPS) is 17.6. The average Bonchev–Trinajstić information content (AvgIpc) is 3.35. The summed E-state index contributed by atoms with van der Waals surface area (Å²) in [5.74, 6) is -0.0197. The second-order valence-electron chi connectivity index (χ2n) is 9.29. The van der Waals surface area contributed by atoms with Gasteiger partial charge in [-0.05, 0) is 42.2 Å². The van der Waals surface area contributed by atoms with E-state index in [1.807, 2.05) is 44.2 Å². The van der Waals surface area contributed by atoms with E-state index in [-0.39, 0.29) is 36.4 Å². The molecule has 3 rings (SSSR count). The van der Waals surface area contributed by atoms with Gasteiger partial charge in [0, 0.05) is 25.2 Å². The first-order chi connectivity index (χ1) is 17.2. The van der Waals surface area contributed by atoms with Crippen molar-refractivity contribution in [2.24, 2.45) is 11.1 Å². The second kappa shape index (κ2) is 12.8. The summed E-state index contributed by atoms with van der Waals surface area (Å²) < 4.78 is 38.9. The summed E-state index contributed by atoms with van der Waals surface area (Å²) in [5.41, 5.74) is 7.02. The van der Waals surface area contributed by atoms with Gasteiger partial charge in [0.2, 0.25) is 10.0 Å². The van der Waals surface area contributed by atoms with E-state index in [4.69, 9.17) is 15.2 Å². The summed E-state index contributed by atoms with van der Waals surface area (Å²) in [5, 5.41) is 6.02. The maximum atomic E-state index is 13.5. The maximum absolute atomic E-state index is 13.5. The number of carbonyl (C=O) groups excluding carboxylic acids is 1. The molecule has 0 aliphatic carbocycles. The topological polar surface area (TPSA) is 140 Å². The van der Waals surface area contributed by atoms with Gasteiger partial charge in [-0.25, -0.2) is 13.2 Å². The number of nitrogen functional groups attached to an aromatic ring is 1. The van der Waals surface area contributed by atoms with Crippen LogP contribution in [0.2, 0.25) is 0 Å². The lowest BCUT2D eigenvalue weighted by Gasteiger charge is -2.30. The lowest BCUT2D eigenvalue weighted by Crippen LogP contribution is -2.50. The molecule has 196 valence electrons. The quantitative estimate of drug-likeness (QED) is 0.325. The summed E-state index contributed by atoms with van der Waals surface area (Å²) >= 11 is 0. The molecule has 2 unspecified atom stereocenters. The third kappa shape index (κ3) is 7.74. The minimum absolute atomic E-state index is 0.0197. The monoisotopic (exact) mass is 518 g/mol. The van der Waals surface area contributed by atoms with Gasteiger partial charge in [-0.15, -0.1) is 0 Å². The summed E-state index contributed by atoms with van der Waals surface area (Å²) in [6, 6.07) is 13.3. The van der Waals surface area contributed by atoms with Crippen molar-refractivity contribution in [1.82, 2.24) is 9.62 Å². The van der Waals surface area contributed by atoms with Crippen LogP contribution >= 0.6 is 0 Å². The highest BCUT2D eigenvalue weighted by atomic mass is 32.2. The number of sulfonamides is 1. The molecule has 2 aromatic carbocycles. The summed E-state index contributed by atoms with van der Waals surface area (Å²) in [6.07, 6.45) is -0.204. The number of nitrogens with one attached hydrogen (secondary N) is 1. The number of amides is 1. The van der Waals surface area contributed by atoms with Crippen molar-refractivity contribution in [3.63, 3.8) is 0 Å². The Morgan fingerprint density at radius 1 is 1.17 bits per heavy atom. The van der Waals surface area contributed by atoms with Crippen LogP contribution in [0.1, 0.15) is 25.8 Å². The van der Waals surface area contributed by atoms with E-state index in [0.29, 0.717) is 25.3 Å². The van der Waals surface area contributed by atoms with Crippen molar-refractivity contribution in [3.05, 3.63) is 65.1 Å². The largest absolute Gasteiger partial charge is 0.444 e. The number of nitrogens with zero attached hydrogens (tertiary/aromatic N) is 2. The van der Waals surface area contributed by atoms with Gasteiger partial charge in [0.15, 0.2) is 0 Å². The molecule has 1 aliphatic rings. The Morgan fingerprint density at radius 2 is 1.86 bits per heavy atom. The van der Waals surface area contributed by atoms with Crippen molar-refractivity contribution < 1.29 is 22.7 Å². The van der Waals surface area contributed by atoms with Crippen LogP contribution in [0, 0.1) is 10.8 Å². The van der Waals surface area contributed by atoms with Crippen LogP contribution in [0.5, 0.6) is 0 Å². The van der Waals surface area contributed by atoms with E-state index in [9.17, 15) is 18.1 Å². The smallest absolute Gasteiger partial charge is 0.407 e. The second-order valence-corrected chi connectivity index (χ2v) is 11.2. The predicted octanol–water partition coefficient (Wildman–Crippen LogP) is 3.18. The number of rotatable bonds is 12. The van der Waals surface area contributed by atoms with Crippen molar-refractivity contribution in [1.29, 1.82) is 0 Å². The van der Waals surface area contributed by atoms with Gasteiger partial charge in [0.05, 0.1) is 24.2 Å². The molecule has 1 fully saturated rings. The van der Waals surface area contributed by atoms with Gasteiger partial charge >= 0.3 is 6.09 Å². The first-order valence-electron chi connectivity index (χ1n) is 12.0. The van der Waals surface area contributed by atoms with E-state index in [2.05, 4.69) is 10.5 Å². The SMILES string of the molecule is CC(C)CN(C[C@@H](N=O)C(Cc1ccccc1)NC(=O)OC1CCOC1)S(=O)(=O)c1ccc(N)cc1. The van der Waals surface area contributed by atoms with Crippen LogP contribution in [-0.4, -0.2) is 63.3 Å². The van der Waals surface area contributed by atoms with Crippen LogP contribution < -0.4 is 11.1 Å². The number of nitroso groups, excluding NO2 is 1. The molecule has 0 radical (unpaired) electrons. The third-order valence-corrected chi connectivity index (χ3v) is 7.69. The molecule has 0 saturated carbocycles. The molecule has 0 aromatic heterocycles. The molecule has 36 heavy (non-hydrogen) atoms. The first kappa shape index (κ1) is 27.6. The average molecular weight is 519 g/mol. The van der Waals surface area contributed by atoms with Crippen molar-refractivity contribution in [2.45, 2.75) is 49.8 Å². The van der Waals surface area contributed by atoms with Crippen LogP contribution in [0.25, 0.3) is 0 Å². The molecular weight excluding hydrogens is 484 g/mol. The molecule has 1 amide bonds. The Bertz CT molecular complexity index is 1090. The van der Waals surface area contributed by atoms with Crippen LogP contribution in [0.4, 0.5) is 10.5 Å². The van der Waals surface area contributed by atoms with Gasteiger partial charge in [-0.1, -0.05) is 49.4 Å². The molecule has 0 bridgehead atoms. The molecule has 1 aliphatic heterocycles. The number of hydrogen-bond donors (Lipinski definition) is 2. The lowest BCUT2D eigenvalue weighted by atomic mass is 9.99. The zero-order valence-corrected chi connectivity index (χ0v) is 21.4. The molecule has 1 saturated heterocycles. The fraction of sp³-hybridized carbons (Fsp3) is 0.480. The maximum Gasteiger partial charge on any atom is 0.407 e. The molecule has 11 heteroatoms. The number of anilines is 1. The summed E-state index contributed by atoms with van der Waals surface area (Å²) in [6.45, 7) is 4.55. The fourth-order valence-corrected chi connectivity index (χ4v) is 5.63. The Hall–Kier alpha value is -3.02. The number of carbonyl (C=O) groups is 1. The fourth-order valence-electron chi connectivity index (χ4n) is 4.00. The van der Waals surface area contributed by atoms with Crippen LogP contribution in [0.15, 0.2) is 64.7 Å². The number of hydrogen-bond acceptors (Lipinski definition) is 8. The van der Waals surface area contributed by atoms with Crippen molar-refractivity contribution in [3.8, 4) is 0 Å². The van der Waals surface area contributed by atoms with Crippen LogP contribution in [0.3, 0.4) is 0 Å². The van der Waals surface area contributed by atoms with E-state index in [1.54, 1.807) is 0 Å². The number of benzene rings is 2. The zero-order chi connectivity index (χ0) is 26.1. The summed E-state index contributed by atoms with van der Waals surface area (Å²) in [7, 11) is -3.95. The molecular formula is C25H34N4O6S. The summed E-state index contributed by atoms with van der Waals surface area (Å²) in [4.78, 5) is 24.8. The first-order valence-corrected chi connectivity index (χ1v) is 13.4. The highest BCUT2D eigenvalue weighted by Crippen LogP contribution is 2.21. The zero-order valence-electron chi connectivity index (χ0n) is 20.6. The molecule has 3 N–H and O–H groups in total. The molecule has 10 nitrogen and oxygen atoms in total. The van der Waals surface area contributed by atoms with E-state index in [0.717, 1.165) is 5.56 Å². The highest BCUT2D eigenvalue weighted by Gasteiger charge is 2.34. The van der Waals surface area contributed by atoms with Gasteiger partial charge in [0.25, 0.3) is 0 Å². The lowest BCUT2D eigenvalue weighted by molar-refractivity contribution is 0.0797. The van der Waals surface area contributed by atoms with Gasteiger partial charge in [-0.2, -0.15) is 9.21 Å². The standard InChI is InChI=1S/C25H34N4O6S/c1-18(2)15-29(36(32,33)22-10-8-20(26)9-11-22)16-24(28-31)23(14-19-6-4-3-5-7-19)27-25(30)35-21-12-13-34-17-21/h3-11,18,21,23-24H,12-17,26H2,1-2H3,(H,27,30)/t21?,23?,24-/m1/s1. The van der Waals surface area contributed by atoms with E-state index < -0.39 is 28.2 Å². The molecule has 1 heterocycles. The Kier molecular flexibility index (Phi) is 9.80. The Morgan fingerprint density at radius 3 is 2.44 bits per heavy atom. The minimum Gasteiger partial charge on any atom is -0.444 e. The Balaban J connectivity index is 1.85. The van der Waals surface area contributed by atoms with Gasteiger partial charge < -0.3 is 20.5 Å². The van der Waals surface area contributed by atoms with E-state index in [1.165, 1.54) is 28.6 Å². The van der Waals surface area contributed by atoms with Crippen LogP contribution in [-0.2, 0) is 25.9 Å². The van der Waals surface area contributed by atoms with Crippen molar-refractivity contribution in [2.75, 3.05) is 32.0 Å². The Labute approximate surface area is 212 Å². The van der Waals surface area contributed by atoms with Crippen molar-refractivity contribution >= 4 is 21.8 Å². The predicted molar refractivity (Wildman–Crippen MR) is 137 cm³/mol.